The monoisotopic (exact) mass is 852 g/mol. The van der Waals surface area contributed by atoms with Gasteiger partial charge in [0.25, 0.3) is 0 Å². The molecule has 0 N–H and O–H groups in total. The zero-order valence-corrected chi connectivity index (χ0v) is 39.1. The van der Waals surface area contributed by atoms with Crippen LogP contribution in [0.2, 0.25) is 0 Å². The number of rotatable bonds is 18. The molecule has 1 aliphatic heterocycles. The minimum Gasteiger partial charge on any atom is -0.475 e. The van der Waals surface area contributed by atoms with Crippen LogP contribution in [0.3, 0.4) is 0 Å². The molecule has 0 aliphatic carbocycles. The molecule has 16 heteroatoms. The fraction of sp³-hybridized carbons (Fsp3) is 0.795. The summed E-state index contributed by atoms with van der Waals surface area (Å²) >= 11 is 0. The van der Waals surface area contributed by atoms with Gasteiger partial charge in [-0.1, -0.05) is 6.07 Å². The molecular formula is C44H77N5O11. The van der Waals surface area contributed by atoms with Crippen molar-refractivity contribution >= 4 is 23.9 Å². The first-order chi connectivity index (χ1) is 27.8. The molecule has 0 spiro atoms. The summed E-state index contributed by atoms with van der Waals surface area (Å²) < 4.78 is 39.7. The Hall–Kier alpha value is -3.41. The molecule has 0 amide bonds. The summed E-state index contributed by atoms with van der Waals surface area (Å²) in [6.07, 6.45) is 1.98. The quantitative estimate of drug-likeness (QED) is 0.118. The van der Waals surface area contributed by atoms with Crippen molar-refractivity contribution in [2.75, 3.05) is 105 Å². The number of carbonyl (C=O) groups is 4. The first-order valence-electron chi connectivity index (χ1n) is 21.3. The van der Waals surface area contributed by atoms with E-state index in [9.17, 15) is 19.2 Å². The summed E-state index contributed by atoms with van der Waals surface area (Å²) in [7, 11) is 0. The van der Waals surface area contributed by atoms with E-state index in [-0.39, 0.29) is 44.0 Å². The van der Waals surface area contributed by atoms with Gasteiger partial charge in [-0.3, -0.25) is 38.8 Å². The van der Waals surface area contributed by atoms with E-state index in [1.165, 1.54) is 0 Å². The zero-order chi connectivity index (χ0) is 45.1. The number of aromatic nitrogens is 1. The molecule has 1 aliphatic rings. The van der Waals surface area contributed by atoms with Gasteiger partial charge in [0.05, 0.1) is 39.5 Å². The Kier molecular flexibility index (Phi) is 21.9. The minimum absolute atomic E-state index is 0.0101. The van der Waals surface area contributed by atoms with Crippen LogP contribution in [0.25, 0.3) is 0 Å². The largest absolute Gasteiger partial charge is 0.475 e. The number of hydrogen-bond donors (Lipinski definition) is 0. The molecule has 1 aromatic rings. The lowest BCUT2D eigenvalue weighted by Crippen LogP contribution is -2.53. The number of nitrogens with zero attached hydrogens (tertiary/aromatic N) is 5. The Morgan fingerprint density at radius 1 is 0.567 bits per heavy atom. The van der Waals surface area contributed by atoms with Gasteiger partial charge < -0.3 is 33.2 Å². The molecule has 1 fully saturated rings. The Morgan fingerprint density at radius 3 is 1.35 bits per heavy atom. The van der Waals surface area contributed by atoms with Crippen molar-refractivity contribution in [2.24, 2.45) is 0 Å². The van der Waals surface area contributed by atoms with Crippen LogP contribution in [-0.2, 0) is 54.0 Å². The normalized spacial score (nSPS) is 16.9. The van der Waals surface area contributed by atoms with Gasteiger partial charge in [-0.15, -0.1) is 0 Å². The summed E-state index contributed by atoms with van der Waals surface area (Å²) in [6.45, 7) is 29.5. The van der Waals surface area contributed by atoms with Gasteiger partial charge in [-0.2, -0.15) is 0 Å². The van der Waals surface area contributed by atoms with E-state index in [1.54, 1.807) is 12.3 Å². The van der Waals surface area contributed by atoms with Crippen LogP contribution in [-0.4, -0.2) is 182 Å². The lowest BCUT2D eigenvalue weighted by molar-refractivity contribution is -0.163. The van der Waals surface area contributed by atoms with Crippen molar-refractivity contribution < 1.29 is 52.3 Å². The van der Waals surface area contributed by atoms with Crippen LogP contribution in [0.4, 0.5) is 0 Å². The van der Waals surface area contributed by atoms with Gasteiger partial charge in [0.2, 0.25) is 5.88 Å². The lowest BCUT2D eigenvalue weighted by Gasteiger charge is -2.37. The van der Waals surface area contributed by atoms with Crippen LogP contribution in [0.15, 0.2) is 18.3 Å². The Balaban J connectivity index is 2.47. The van der Waals surface area contributed by atoms with Crippen LogP contribution in [0, 0.1) is 0 Å². The van der Waals surface area contributed by atoms with E-state index in [1.807, 2.05) is 111 Å². The highest BCUT2D eigenvalue weighted by molar-refractivity contribution is 5.77. The van der Waals surface area contributed by atoms with Crippen molar-refractivity contribution in [3.05, 3.63) is 23.9 Å². The molecule has 1 unspecified atom stereocenters. The first kappa shape index (κ1) is 52.7. The summed E-state index contributed by atoms with van der Waals surface area (Å²) in [6, 6.07) is 2.91. The standard InChI is InChI=1S/C44H77N5O11/c1-14-54-25-26-55-27-28-56-36-16-15-34(30-45-36)29-35(40(53)60-44(11,12)13)49-23-21-47(32-38(51)58-42(5,6)7)19-17-46(31-37(50)57-41(2,3)4)18-20-48(22-24-49)33-39(52)59-43(8,9)10/h15-16,30,35H,14,17-29,31-33H2,1-13H3. The van der Waals surface area contributed by atoms with Crippen molar-refractivity contribution in [1.29, 1.82) is 0 Å². The van der Waals surface area contributed by atoms with Crippen LogP contribution >= 0.6 is 0 Å². The lowest BCUT2D eigenvalue weighted by atomic mass is 10.0. The maximum absolute atomic E-state index is 14.2. The molecule has 60 heavy (non-hydrogen) atoms. The van der Waals surface area contributed by atoms with Crippen molar-refractivity contribution in [3.63, 3.8) is 0 Å². The van der Waals surface area contributed by atoms with E-state index in [0.717, 1.165) is 5.56 Å². The second-order valence-electron chi connectivity index (χ2n) is 19.0. The Morgan fingerprint density at radius 2 is 0.967 bits per heavy atom. The number of ether oxygens (including phenoxy) is 7. The Bertz CT molecular complexity index is 1400. The molecule has 2 heterocycles. The molecule has 0 saturated carbocycles. The number of pyridine rings is 1. The third-order valence-corrected chi connectivity index (χ3v) is 8.59. The molecule has 1 aromatic heterocycles. The molecule has 344 valence electrons. The molecule has 0 bridgehead atoms. The van der Waals surface area contributed by atoms with E-state index >= 15 is 0 Å². The van der Waals surface area contributed by atoms with Crippen LogP contribution in [0.5, 0.6) is 5.88 Å². The third kappa shape index (κ3) is 24.7. The van der Waals surface area contributed by atoms with Gasteiger partial charge in [0.15, 0.2) is 0 Å². The van der Waals surface area contributed by atoms with Gasteiger partial charge >= 0.3 is 23.9 Å². The SMILES string of the molecule is CCOCCOCCOc1ccc(CC(C(=O)OC(C)(C)C)N2CCN(CC(=O)OC(C)(C)C)CCN(CC(=O)OC(C)(C)C)CCN(CC(=O)OC(C)(C)C)CC2)cn1. The molecule has 1 atom stereocenters. The summed E-state index contributed by atoms with van der Waals surface area (Å²) in [5.74, 6) is -1.09. The number of hydrogen-bond acceptors (Lipinski definition) is 16. The zero-order valence-electron chi connectivity index (χ0n) is 39.1. The maximum Gasteiger partial charge on any atom is 0.324 e. The highest BCUT2D eigenvalue weighted by Crippen LogP contribution is 2.19. The van der Waals surface area contributed by atoms with Crippen molar-refractivity contribution in [2.45, 2.75) is 125 Å². The second kappa shape index (κ2) is 24.9. The average molecular weight is 852 g/mol. The van der Waals surface area contributed by atoms with Crippen LogP contribution in [0.1, 0.15) is 95.6 Å². The first-order valence-corrected chi connectivity index (χ1v) is 21.3. The van der Waals surface area contributed by atoms with Gasteiger partial charge in [-0.05, 0) is 95.6 Å². The number of esters is 4. The summed E-state index contributed by atoms with van der Waals surface area (Å²) in [5.41, 5.74) is -1.97. The molecule has 16 nitrogen and oxygen atoms in total. The van der Waals surface area contributed by atoms with Gasteiger partial charge in [0, 0.05) is 77.6 Å². The average Bonchev–Trinajstić information content (AvgIpc) is 3.07. The van der Waals surface area contributed by atoms with E-state index < -0.39 is 34.4 Å². The molecule has 1 saturated heterocycles. The minimum atomic E-state index is -0.758. The van der Waals surface area contributed by atoms with Gasteiger partial charge in [-0.25, -0.2) is 4.98 Å². The topological polar surface area (TPSA) is 159 Å². The van der Waals surface area contributed by atoms with E-state index in [0.29, 0.717) is 91.3 Å². The highest BCUT2D eigenvalue weighted by Gasteiger charge is 2.33. The summed E-state index contributed by atoms with van der Waals surface area (Å²) in [4.78, 5) is 66.2. The van der Waals surface area contributed by atoms with E-state index in [2.05, 4.69) is 9.88 Å². The van der Waals surface area contributed by atoms with E-state index in [4.69, 9.17) is 33.2 Å². The summed E-state index contributed by atoms with van der Waals surface area (Å²) in [5, 5.41) is 0. The fourth-order valence-electron chi connectivity index (χ4n) is 6.15. The predicted molar refractivity (Wildman–Crippen MR) is 229 cm³/mol. The molecule has 0 radical (unpaired) electrons. The van der Waals surface area contributed by atoms with Crippen molar-refractivity contribution in [3.8, 4) is 5.88 Å². The highest BCUT2D eigenvalue weighted by atomic mass is 16.6. The third-order valence-electron chi connectivity index (χ3n) is 8.59. The second-order valence-corrected chi connectivity index (χ2v) is 19.0. The predicted octanol–water partition coefficient (Wildman–Crippen LogP) is 4.01. The smallest absolute Gasteiger partial charge is 0.324 e. The molecular weight excluding hydrogens is 775 g/mol. The van der Waals surface area contributed by atoms with Crippen LogP contribution < -0.4 is 4.74 Å². The number of carbonyl (C=O) groups excluding carboxylic acids is 4. The molecule has 0 aromatic carbocycles. The maximum atomic E-state index is 14.2. The fourth-order valence-corrected chi connectivity index (χ4v) is 6.15. The molecule has 2 rings (SSSR count). The van der Waals surface area contributed by atoms with Gasteiger partial charge in [0.1, 0.15) is 35.1 Å². The van der Waals surface area contributed by atoms with Crippen molar-refractivity contribution in [1.82, 2.24) is 24.6 Å². The Labute approximate surface area is 359 Å².